The van der Waals surface area contributed by atoms with Crippen molar-refractivity contribution in [2.45, 2.75) is 30.8 Å². The van der Waals surface area contributed by atoms with Gasteiger partial charge in [0.25, 0.3) is 10.1 Å². The van der Waals surface area contributed by atoms with Crippen molar-refractivity contribution in [3.05, 3.63) is 42.0 Å². The van der Waals surface area contributed by atoms with E-state index in [2.05, 4.69) is 12.2 Å². The lowest BCUT2D eigenvalue weighted by molar-refractivity contribution is 0.172. The zero-order valence-corrected chi connectivity index (χ0v) is 11.1. The van der Waals surface area contributed by atoms with Crippen LogP contribution in [0, 0.1) is 18.8 Å². The SMILES string of the molecule is Cc1ccc(S(=O)(=O)OC2[C@@H]3C=C[C@H]2CC3)cc1. The first-order valence-corrected chi connectivity index (χ1v) is 7.65. The molecule has 2 aliphatic carbocycles. The van der Waals surface area contributed by atoms with Crippen LogP contribution in [0.15, 0.2) is 41.3 Å². The standard InChI is InChI=1S/C14H16O3S/c1-10-2-8-13(9-3-10)18(15,16)17-14-11-4-5-12(14)7-6-11/h2-5,8-9,11-12,14H,6-7H2,1H3/t11-,12+,14?. The smallest absolute Gasteiger partial charge is 0.262 e. The predicted octanol–water partition coefficient (Wildman–Crippen LogP) is 2.66. The molecule has 3 rings (SSSR count). The van der Waals surface area contributed by atoms with Crippen LogP contribution in [0.2, 0.25) is 0 Å². The molecule has 0 aliphatic heterocycles. The Balaban J connectivity index is 1.82. The van der Waals surface area contributed by atoms with Gasteiger partial charge < -0.3 is 0 Å². The molecule has 1 aromatic rings. The first kappa shape index (κ1) is 11.9. The first-order valence-electron chi connectivity index (χ1n) is 6.24. The Morgan fingerprint density at radius 2 is 1.61 bits per heavy atom. The third-order valence-electron chi connectivity index (χ3n) is 3.83. The van der Waals surface area contributed by atoms with E-state index in [1.54, 1.807) is 24.3 Å². The lowest BCUT2D eigenvalue weighted by Crippen LogP contribution is -2.23. The van der Waals surface area contributed by atoms with Crippen molar-refractivity contribution in [2.75, 3.05) is 0 Å². The molecule has 0 heterocycles. The molecule has 0 N–H and O–H groups in total. The van der Waals surface area contributed by atoms with Gasteiger partial charge in [0.15, 0.2) is 0 Å². The molecule has 0 spiro atoms. The van der Waals surface area contributed by atoms with Crippen LogP contribution in [0.1, 0.15) is 18.4 Å². The topological polar surface area (TPSA) is 43.4 Å². The van der Waals surface area contributed by atoms with Gasteiger partial charge in [-0.1, -0.05) is 29.8 Å². The normalized spacial score (nSPS) is 29.9. The Kier molecular flexibility index (Phi) is 2.79. The zero-order chi connectivity index (χ0) is 12.8. The molecular formula is C14H16O3S. The molecule has 0 radical (unpaired) electrons. The van der Waals surface area contributed by atoms with Crippen molar-refractivity contribution in [1.82, 2.24) is 0 Å². The van der Waals surface area contributed by atoms with Crippen LogP contribution in [-0.4, -0.2) is 14.5 Å². The Morgan fingerprint density at radius 1 is 1.06 bits per heavy atom. The number of fused-ring (bicyclic) bond motifs is 2. The second kappa shape index (κ2) is 4.21. The molecule has 0 aromatic heterocycles. The highest BCUT2D eigenvalue weighted by atomic mass is 32.2. The third-order valence-corrected chi connectivity index (χ3v) is 5.16. The summed E-state index contributed by atoms with van der Waals surface area (Å²) in [7, 11) is -3.63. The maximum atomic E-state index is 12.2. The zero-order valence-electron chi connectivity index (χ0n) is 10.2. The minimum Gasteiger partial charge on any atom is -0.262 e. The summed E-state index contributed by atoms with van der Waals surface area (Å²) in [4.78, 5) is 0.249. The Hall–Kier alpha value is -1.13. The van der Waals surface area contributed by atoms with E-state index in [1.807, 2.05) is 6.92 Å². The van der Waals surface area contributed by atoms with Crippen molar-refractivity contribution in [3.8, 4) is 0 Å². The number of hydrogen-bond donors (Lipinski definition) is 0. The Labute approximate surface area is 108 Å². The number of hydrogen-bond acceptors (Lipinski definition) is 3. The molecule has 1 saturated carbocycles. The van der Waals surface area contributed by atoms with Crippen LogP contribution in [0.3, 0.4) is 0 Å². The minimum absolute atomic E-state index is 0.184. The molecule has 3 atom stereocenters. The lowest BCUT2D eigenvalue weighted by atomic mass is 10.1. The van der Waals surface area contributed by atoms with Gasteiger partial charge in [-0.2, -0.15) is 8.42 Å². The molecule has 1 aromatic carbocycles. The maximum absolute atomic E-state index is 12.2. The summed E-state index contributed by atoms with van der Waals surface area (Å²) in [5.41, 5.74) is 1.04. The monoisotopic (exact) mass is 264 g/mol. The van der Waals surface area contributed by atoms with E-state index in [0.29, 0.717) is 0 Å². The molecule has 0 amide bonds. The van der Waals surface area contributed by atoms with E-state index in [0.717, 1.165) is 18.4 Å². The summed E-state index contributed by atoms with van der Waals surface area (Å²) < 4.78 is 29.8. The molecule has 18 heavy (non-hydrogen) atoms. The van der Waals surface area contributed by atoms with E-state index in [9.17, 15) is 8.42 Å². The second-order valence-corrected chi connectivity index (χ2v) is 6.69. The molecule has 4 heteroatoms. The van der Waals surface area contributed by atoms with Gasteiger partial charge in [-0.15, -0.1) is 0 Å². The molecule has 1 unspecified atom stereocenters. The first-order chi connectivity index (χ1) is 8.56. The fourth-order valence-electron chi connectivity index (χ4n) is 2.78. The van der Waals surface area contributed by atoms with E-state index in [4.69, 9.17) is 4.18 Å². The minimum atomic E-state index is -3.63. The van der Waals surface area contributed by atoms with Crippen LogP contribution in [0.5, 0.6) is 0 Å². The van der Waals surface area contributed by atoms with Crippen molar-refractivity contribution in [2.24, 2.45) is 11.8 Å². The molecule has 2 aliphatic rings. The molecular weight excluding hydrogens is 248 g/mol. The van der Waals surface area contributed by atoms with Gasteiger partial charge in [0.05, 0.1) is 11.0 Å². The van der Waals surface area contributed by atoms with E-state index >= 15 is 0 Å². The number of benzene rings is 1. The van der Waals surface area contributed by atoms with Gasteiger partial charge >= 0.3 is 0 Å². The average Bonchev–Trinajstić information content (AvgIpc) is 2.89. The summed E-state index contributed by atoms with van der Waals surface area (Å²) in [5, 5.41) is 0. The highest BCUT2D eigenvalue weighted by Crippen LogP contribution is 2.42. The predicted molar refractivity (Wildman–Crippen MR) is 68.6 cm³/mol. The van der Waals surface area contributed by atoms with E-state index in [-0.39, 0.29) is 22.8 Å². The average molecular weight is 264 g/mol. The van der Waals surface area contributed by atoms with Crippen molar-refractivity contribution < 1.29 is 12.6 Å². The van der Waals surface area contributed by atoms with Gasteiger partial charge in [0.1, 0.15) is 0 Å². The van der Waals surface area contributed by atoms with Crippen LogP contribution in [0.25, 0.3) is 0 Å². The van der Waals surface area contributed by atoms with Crippen molar-refractivity contribution in [3.63, 3.8) is 0 Å². The highest BCUT2D eigenvalue weighted by molar-refractivity contribution is 7.86. The van der Waals surface area contributed by atoms with Crippen LogP contribution in [-0.2, 0) is 14.3 Å². The Morgan fingerprint density at radius 3 is 2.11 bits per heavy atom. The summed E-state index contributed by atoms with van der Waals surface area (Å²) in [6.07, 6.45) is 6.06. The van der Waals surface area contributed by atoms with Crippen molar-refractivity contribution >= 4 is 10.1 Å². The molecule has 1 fully saturated rings. The maximum Gasteiger partial charge on any atom is 0.297 e. The molecule has 3 nitrogen and oxygen atoms in total. The van der Waals surface area contributed by atoms with Crippen LogP contribution >= 0.6 is 0 Å². The van der Waals surface area contributed by atoms with Gasteiger partial charge in [-0.3, -0.25) is 4.18 Å². The quantitative estimate of drug-likeness (QED) is 0.622. The summed E-state index contributed by atoms with van der Waals surface area (Å²) in [5.74, 6) is 0.547. The van der Waals surface area contributed by atoms with Gasteiger partial charge in [0, 0.05) is 11.8 Å². The van der Waals surface area contributed by atoms with Crippen LogP contribution in [0.4, 0.5) is 0 Å². The number of rotatable bonds is 3. The highest BCUT2D eigenvalue weighted by Gasteiger charge is 2.41. The Bertz CT molecular complexity index is 558. The second-order valence-electron chi connectivity index (χ2n) is 5.12. The summed E-state index contributed by atoms with van der Waals surface area (Å²) in [6, 6.07) is 6.79. The largest absolute Gasteiger partial charge is 0.297 e. The summed E-state index contributed by atoms with van der Waals surface area (Å²) >= 11 is 0. The van der Waals surface area contributed by atoms with Gasteiger partial charge in [-0.05, 0) is 31.9 Å². The van der Waals surface area contributed by atoms with Crippen LogP contribution < -0.4 is 0 Å². The third kappa shape index (κ3) is 1.99. The fourth-order valence-corrected chi connectivity index (χ4v) is 3.94. The fraction of sp³-hybridized carbons (Fsp3) is 0.429. The lowest BCUT2D eigenvalue weighted by Gasteiger charge is -2.16. The van der Waals surface area contributed by atoms with E-state index in [1.165, 1.54) is 0 Å². The number of aryl methyl sites for hydroxylation is 1. The van der Waals surface area contributed by atoms with Gasteiger partial charge in [0.2, 0.25) is 0 Å². The van der Waals surface area contributed by atoms with Gasteiger partial charge in [-0.25, -0.2) is 0 Å². The molecule has 96 valence electrons. The molecule has 0 saturated heterocycles. The summed E-state index contributed by atoms with van der Waals surface area (Å²) in [6.45, 7) is 1.93. The van der Waals surface area contributed by atoms with E-state index < -0.39 is 10.1 Å². The van der Waals surface area contributed by atoms with Crippen molar-refractivity contribution in [1.29, 1.82) is 0 Å². The molecule has 2 bridgehead atoms.